The summed E-state index contributed by atoms with van der Waals surface area (Å²) in [6, 6.07) is 18.1. The Kier molecular flexibility index (Phi) is 4.67. The number of ether oxygens (including phenoxy) is 1. The number of aromatic carboxylic acids is 1. The number of hydrazone groups is 1. The van der Waals surface area contributed by atoms with Crippen LogP contribution in [0.3, 0.4) is 0 Å². The minimum atomic E-state index is -0.983. The van der Waals surface area contributed by atoms with Gasteiger partial charge in [0.2, 0.25) is 0 Å². The lowest BCUT2D eigenvalue weighted by Gasteiger charge is -2.26. The van der Waals surface area contributed by atoms with E-state index in [1.165, 1.54) is 6.07 Å². The van der Waals surface area contributed by atoms with Crippen molar-refractivity contribution in [3.8, 4) is 11.5 Å². The van der Waals surface area contributed by atoms with Crippen molar-refractivity contribution in [3.05, 3.63) is 81.5 Å². The number of hydrogen-bond donors (Lipinski definition) is 2. The molecule has 0 radical (unpaired) electrons. The van der Waals surface area contributed by atoms with Crippen LogP contribution >= 0.6 is 11.3 Å². The first kappa shape index (κ1) is 17.9. The molecule has 140 valence electrons. The van der Waals surface area contributed by atoms with Gasteiger partial charge in [-0.1, -0.05) is 36.4 Å². The molecular formula is C21H16N2O4S. The molecule has 0 atom stereocenters. The van der Waals surface area contributed by atoms with Crippen LogP contribution in [-0.2, 0) is 4.79 Å². The quantitative estimate of drug-likeness (QED) is 0.514. The first-order valence-corrected chi connectivity index (χ1v) is 9.39. The molecule has 6 nitrogen and oxygen atoms in total. The van der Waals surface area contributed by atoms with Gasteiger partial charge in [0.05, 0.1) is 16.5 Å². The highest BCUT2D eigenvalue weighted by atomic mass is 32.1. The number of benzene rings is 2. The Morgan fingerprint density at radius 1 is 0.964 bits per heavy atom. The van der Waals surface area contributed by atoms with Gasteiger partial charge in [0.15, 0.2) is 0 Å². The number of fused-ring (bicyclic) bond motifs is 2. The van der Waals surface area contributed by atoms with Crippen LogP contribution in [0.15, 0.2) is 65.8 Å². The largest absolute Gasteiger partial charge is 0.477 e. The maximum atomic E-state index is 13.0. The summed E-state index contributed by atoms with van der Waals surface area (Å²) < 4.78 is 5.91. The molecule has 2 aromatic carbocycles. The second-order valence-corrected chi connectivity index (χ2v) is 7.34. The number of carboxylic acid groups (broad SMARTS) is 1. The number of nitrogens with one attached hydrogen (secondary N) is 1. The Morgan fingerprint density at radius 3 is 2.11 bits per heavy atom. The monoisotopic (exact) mass is 392 g/mol. The van der Waals surface area contributed by atoms with E-state index >= 15 is 0 Å². The summed E-state index contributed by atoms with van der Waals surface area (Å²) in [7, 11) is 0. The molecule has 0 bridgehead atoms. The molecule has 1 amide bonds. The van der Waals surface area contributed by atoms with Crippen molar-refractivity contribution < 1.29 is 19.4 Å². The zero-order chi connectivity index (χ0) is 19.7. The van der Waals surface area contributed by atoms with Crippen molar-refractivity contribution in [2.24, 2.45) is 5.10 Å². The van der Waals surface area contributed by atoms with Crippen LogP contribution in [0.1, 0.15) is 38.5 Å². The van der Waals surface area contributed by atoms with Crippen molar-refractivity contribution in [3.63, 3.8) is 0 Å². The van der Waals surface area contributed by atoms with Gasteiger partial charge in [-0.3, -0.25) is 4.79 Å². The standard InChI is InChI=1S/C21H16N2O4S/c1-12(17-10-11-18(28-17)21(25)26)22-23-20(24)19-13-6-2-4-8-15(13)27-16-9-5-3-7-14(16)19/h2-11,19H,1H3,(H,23,24)(H,25,26)/b22-12+. The number of rotatable bonds is 4. The van der Waals surface area contributed by atoms with Crippen molar-refractivity contribution in [1.82, 2.24) is 5.43 Å². The van der Waals surface area contributed by atoms with E-state index in [1.54, 1.807) is 13.0 Å². The number of carboxylic acids is 1. The zero-order valence-corrected chi connectivity index (χ0v) is 15.7. The molecule has 0 spiro atoms. The molecule has 2 heterocycles. The third kappa shape index (κ3) is 3.27. The fraction of sp³-hybridized carbons (Fsp3) is 0.0952. The summed E-state index contributed by atoms with van der Waals surface area (Å²) in [6.45, 7) is 1.73. The van der Waals surface area contributed by atoms with Gasteiger partial charge in [0.25, 0.3) is 5.91 Å². The predicted octanol–water partition coefficient (Wildman–Crippen LogP) is 4.22. The van der Waals surface area contributed by atoms with Crippen LogP contribution in [0, 0.1) is 0 Å². The summed E-state index contributed by atoms with van der Waals surface area (Å²) in [5, 5.41) is 13.2. The van der Waals surface area contributed by atoms with E-state index in [4.69, 9.17) is 9.84 Å². The molecule has 7 heteroatoms. The number of amides is 1. The molecule has 28 heavy (non-hydrogen) atoms. The lowest BCUT2D eigenvalue weighted by Crippen LogP contribution is -2.29. The number of carbonyl (C=O) groups excluding carboxylic acids is 1. The third-order valence-corrected chi connectivity index (χ3v) is 5.63. The Morgan fingerprint density at radius 2 is 1.54 bits per heavy atom. The highest BCUT2D eigenvalue weighted by molar-refractivity contribution is 7.15. The second-order valence-electron chi connectivity index (χ2n) is 6.25. The number of hydrogen-bond acceptors (Lipinski definition) is 5. The van der Waals surface area contributed by atoms with Crippen molar-refractivity contribution in [2.45, 2.75) is 12.8 Å². The van der Waals surface area contributed by atoms with Gasteiger partial charge in [-0.25, -0.2) is 10.2 Å². The molecule has 4 rings (SSSR count). The minimum absolute atomic E-state index is 0.225. The van der Waals surface area contributed by atoms with Gasteiger partial charge < -0.3 is 9.84 Å². The van der Waals surface area contributed by atoms with E-state index in [2.05, 4.69) is 10.5 Å². The molecule has 1 aliphatic rings. The smallest absolute Gasteiger partial charge is 0.345 e. The zero-order valence-electron chi connectivity index (χ0n) is 14.9. The van der Waals surface area contributed by atoms with Gasteiger partial charge in [0.1, 0.15) is 16.4 Å². The number of nitrogens with zero attached hydrogens (tertiary/aromatic N) is 1. The Bertz CT molecular complexity index is 1060. The van der Waals surface area contributed by atoms with Crippen molar-refractivity contribution in [1.29, 1.82) is 0 Å². The molecular weight excluding hydrogens is 376 g/mol. The molecule has 3 aromatic rings. The Balaban J connectivity index is 1.62. The second kappa shape index (κ2) is 7.28. The Labute approximate surface area is 165 Å². The van der Waals surface area contributed by atoms with E-state index in [-0.39, 0.29) is 10.8 Å². The molecule has 0 saturated heterocycles. The topological polar surface area (TPSA) is 88.0 Å². The summed E-state index contributed by atoms with van der Waals surface area (Å²) in [6.07, 6.45) is 0. The molecule has 0 saturated carbocycles. The summed E-state index contributed by atoms with van der Waals surface area (Å²) in [5.74, 6) is -0.519. The SMILES string of the molecule is C/C(=N\NC(=O)C1c2ccccc2Oc2ccccc21)c1ccc(C(=O)O)s1. The maximum Gasteiger partial charge on any atom is 0.345 e. The lowest BCUT2D eigenvalue weighted by molar-refractivity contribution is -0.121. The normalized spacial score (nSPS) is 13.2. The lowest BCUT2D eigenvalue weighted by atomic mass is 9.87. The van der Waals surface area contributed by atoms with Gasteiger partial charge >= 0.3 is 5.97 Å². The van der Waals surface area contributed by atoms with Gasteiger partial charge in [0, 0.05) is 11.1 Å². The highest BCUT2D eigenvalue weighted by Gasteiger charge is 2.32. The van der Waals surface area contributed by atoms with Gasteiger partial charge in [-0.2, -0.15) is 5.10 Å². The molecule has 1 aromatic heterocycles. The third-order valence-electron chi connectivity index (χ3n) is 4.45. The van der Waals surface area contributed by atoms with Crippen LogP contribution in [-0.4, -0.2) is 22.7 Å². The Hall–Kier alpha value is -3.45. The van der Waals surface area contributed by atoms with Crippen LogP contribution in [0.5, 0.6) is 11.5 Å². The molecule has 1 aliphatic heterocycles. The maximum absolute atomic E-state index is 13.0. The summed E-state index contributed by atoms with van der Waals surface area (Å²) in [5.41, 5.74) is 4.71. The number of carbonyl (C=O) groups is 2. The fourth-order valence-electron chi connectivity index (χ4n) is 3.10. The minimum Gasteiger partial charge on any atom is -0.477 e. The van der Waals surface area contributed by atoms with Crippen LogP contribution in [0.4, 0.5) is 0 Å². The first-order chi connectivity index (χ1) is 13.5. The molecule has 0 aliphatic carbocycles. The molecule has 0 unspecified atom stereocenters. The average molecular weight is 392 g/mol. The van der Waals surface area contributed by atoms with Crippen LogP contribution in [0.2, 0.25) is 0 Å². The highest BCUT2D eigenvalue weighted by Crippen LogP contribution is 2.43. The van der Waals surface area contributed by atoms with Crippen molar-refractivity contribution in [2.75, 3.05) is 0 Å². The van der Waals surface area contributed by atoms with Crippen LogP contribution < -0.4 is 10.2 Å². The summed E-state index contributed by atoms with van der Waals surface area (Å²) >= 11 is 1.11. The van der Waals surface area contributed by atoms with E-state index in [0.717, 1.165) is 22.5 Å². The van der Waals surface area contributed by atoms with Crippen LogP contribution in [0.25, 0.3) is 0 Å². The average Bonchev–Trinajstić information content (AvgIpc) is 3.20. The van der Waals surface area contributed by atoms with E-state index in [9.17, 15) is 9.59 Å². The van der Waals surface area contributed by atoms with Crippen molar-refractivity contribution >= 4 is 28.9 Å². The fourth-order valence-corrected chi connectivity index (χ4v) is 3.89. The van der Waals surface area contributed by atoms with Gasteiger partial charge in [-0.05, 0) is 31.2 Å². The number of thiophene rings is 1. The molecule has 0 fully saturated rings. The van der Waals surface area contributed by atoms with E-state index in [1.807, 2.05) is 48.5 Å². The number of para-hydroxylation sites is 2. The summed E-state index contributed by atoms with van der Waals surface area (Å²) in [4.78, 5) is 25.0. The predicted molar refractivity (Wildman–Crippen MR) is 106 cm³/mol. The first-order valence-electron chi connectivity index (χ1n) is 8.58. The van der Waals surface area contributed by atoms with Gasteiger partial charge in [-0.15, -0.1) is 11.3 Å². The van der Waals surface area contributed by atoms with E-state index in [0.29, 0.717) is 22.1 Å². The molecule has 2 N–H and O–H groups in total. The van der Waals surface area contributed by atoms with E-state index < -0.39 is 11.9 Å².